The number of benzene rings is 2. The number of rotatable bonds is 8. The summed E-state index contributed by atoms with van der Waals surface area (Å²) in [7, 11) is 0. The minimum atomic E-state index is -0.548. The van der Waals surface area contributed by atoms with Crippen LogP contribution in [0.2, 0.25) is 5.02 Å². The van der Waals surface area contributed by atoms with Crippen LogP contribution in [-0.2, 0) is 4.79 Å². The Hall–Kier alpha value is -3.79. The minimum absolute atomic E-state index is 0.149. The normalized spacial score (nSPS) is 15.5. The molecule has 1 unspecified atom stereocenters. The van der Waals surface area contributed by atoms with Gasteiger partial charge in [0.2, 0.25) is 17.6 Å². The molecule has 0 N–H and O–H groups in total. The first-order valence-electron chi connectivity index (χ1n) is 11.8. The molecule has 1 aromatic heterocycles. The lowest BCUT2D eigenvalue weighted by atomic mass is 10.0. The highest BCUT2D eigenvalue weighted by Crippen LogP contribution is 2.31. The summed E-state index contributed by atoms with van der Waals surface area (Å²) < 4.78 is 5.54. The van der Waals surface area contributed by atoms with Gasteiger partial charge in [0.05, 0.1) is 4.92 Å². The Labute approximate surface area is 213 Å². The molecule has 1 atom stereocenters. The predicted octanol–water partition coefficient (Wildman–Crippen LogP) is 4.90. The van der Waals surface area contributed by atoms with Gasteiger partial charge in [-0.2, -0.15) is 4.98 Å². The second-order valence-electron chi connectivity index (χ2n) is 8.60. The molecule has 0 aliphatic carbocycles. The zero-order valence-electron chi connectivity index (χ0n) is 19.8. The lowest BCUT2D eigenvalue weighted by molar-refractivity contribution is -0.384. The third kappa shape index (κ3) is 5.71. The number of amides is 2. The molecule has 4 rings (SSSR count). The lowest BCUT2D eigenvalue weighted by Crippen LogP contribution is -2.46. The van der Waals surface area contributed by atoms with Crippen LogP contribution in [0, 0.1) is 10.1 Å². The fourth-order valence-electron chi connectivity index (χ4n) is 4.29. The summed E-state index contributed by atoms with van der Waals surface area (Å²) >= 11 is 5.96. The van der Waals surface area contributed by atoms with Crippen molar-refractivity contribution in [1.82, 2.24) is 19.9 Å². The van der Waals surface area contributed by atoms with Crippen molar-refractivity contribution in [3.63, 3.8) is 0 Å². The topological polar surface area (TPSA) is 123 Å². The summed E-state index contributed by atoms with van der Waals surface area (Å²) in [5.74, 6) is 0.0941. The molecule has 10 nitrogen and oxygen atoms in total. The van der Waals surface area contributed by atoms with Gasteiger partial charge in [-0.1, -0.05) is 29.7 Å². The maximum atomic E-state index is 13.4. The van der Waals surface area contributed by atoms with Crippen LogP contribution in [0.25, 0.3) is 11.4 Å². The zero-order valence-corrected chi connectivity index (χ0v) is 20.6. The summed E-state index contributed by atoms with van der Waals surface area (Å²) in [4.78, 5) is 44.8. The number of halogens is 1. The van der Waals surface area contributed by atoms with E-state index in [0.717, 1.165) is 18.4 Å². The third-order valence-corrected chi connectivity index (χ3v) is 6.32. The molecule has 1 aliphatic rings. The van der Waals surface area contributed by atoms with Crippen LogP contribution in [0.1, 0.15) is 54.9 Å². The number of piperidine rings is 1. The van der Waals surface area contributed by atoms with Gasteiger partial charge in [0.1, 0.15) is 12.6 Å². The molecule has 0 spiro atoms. The first-order valence-corrected chi connectivity index (χ1v) is 12.2. The summed E-state index contributed by atoms with van der Waals surface area (Å²) in [6.07, 6.45) is 3.03. The van der Waals surface area contributed by atoms with E-state index in [1.54, 1.807) is 29.2 Å². The third-order valence-electron chi connectivity index (χ3n) is 6.06. The van der Waals surface area contributed by atoms with Gasteiger partial charge in [-0.3, -0.25) is 19.7 Å². The first-order chi connectivity index (χ1) is 17.4. The Balaban J connectivity index is 1.52. The van der Waals surface area contributed by atoms with Crippen LogP contribution in [0.3, 0.4) is 0 Å². The Bertz CT molecular complexity index is 1250. The molecule has 0 bridgehead atoms. The molecule has 3 aromatic rings. The van der Waals surface area contributed by atoms with Crippen LogP contribution < -0.4 is 0 Å². The highest BCUT2D eigenvalue weighted by Gasteiger charge is 2.33. The molecular formula is C25H26ClN5O5. The Morgan fingerprint density at radius 3 is 2.72 bits per heavy atom. The number of nitro benzene ring substituents is 1. The molecule has 2 heterocycles. The monoisotopic (exact) mass is 511 g/mol. The average Bonchev–Trinajstić information content (AvgIpc) is 3.38. The Morgan fingerprint density at radius 2 is 2.00 bits per heavy atom. The summed E-state index contributed by atoms with van der Waals surface area (Å²) in [6, 6.07) is 12.2. The summed E-state index contributed by atoms with van der Waals surface area (Å²) in [5.41, 5.74) is 0.748. The molecule has 1 saturated heterocycles. The van der Waals surface area contributed by atoms with Crippen molar-refractivity contribution >= 4 is 29.1 Å². The summed E-state index contributed by atoms with van der Waals surface area (Å²) in [6.45, 7) is 2.60. The number of likely N-dealkylation sites (tertiary alicyclic amines) is 1. The molecule has 11 heteroatoms. The van der Waals surface area contributed by atoms with Gasteiger partial charge in [0.15, 0.2) is 0 Å². The number of aromatic nitrogens is 2. The molecule has 0 radical (unpaired) electrons. The van der Waals surface area contributed by atoms with Crippen LogP contribution >= 0.6 is 11.6 Å². The standard InChI is InChI=1S/C25H26ClN5O5/c1-2-13-29(25(33)18-6-5-7-20(15-18)31(34)35)16-22(32)30-14-4-3-8-21(30)24-27-23(28-36-24)17-9-11-19(26)12-10-17/h5-7,9-12,15,21H,2-4,8,13-14,16H2,1H3. The summed E-state index contributed by atoms with van der Waals surface area (Å²) in [5, 5.41) is 15.8. The van der Waals surface area contributed by atoms with Crippen LogP contribution in [0.5, 0.6) is 0 Å². The highest BCUT2D eigenvalue weighted by molar-refractivity contribution is 6.30. The number of hydrogen-bond acceptors (Lipinski definition) is 7. The number of carbonyl (C=O) groups excluding carboxylic acids is 2. The smallest absolute Gasteiger partial charge is 0.270 e. The molecule has 188 valence electrons. The number of nitrogens with zero attached hydrogens (tertiary/aromatic N) is 5. The van der Waals surface area contributed by atoms with E-state index in [1.807, 2.05) is 6.92 Å². The Morgan fingerprint density at radius 1 is 1.22 bits per heavy atom. The fraction of sp³-hybridized carbons (Fsp3) is 0.360. The number of hydrogen-bond donors (Lipinski definition) is 0. The molecule has 2 aromatic carbocycles. The van der Waals surface area contributed by atoms with E-state index in [-0.39, 0.29) is 23.7 Å². The number of nitro groups is 1. The van der Waals surface area contributed by atoms with Crippen molar-refractivity contribution in [1.29, 1.82) is 0 Å². The van der Waals surface area contributed by atoms with Crippen LogP contribution in [0.15, 0.2) is 53.1 Å². The van der Waals surface area contributed by atoms with E-state index >= 15 is 0 Å². The first kappa shape index (κ1) is 25.3. The van der Waals surface area contributed by atoms with Crippen molar-refractivity contribution in [2.45, 2.75) is 38.6 Å². The van der Waals surface area contributed by atoms with Crippen LogP contribution in [-0.4, -0.2) is 56.3 Å². The van der Waals surface area contributed by atoms with Gasteiger partial charge in [-0.05, 0) is 56.0 Å². The van der Waals surface area contributed by atoms with Crippen molar-refractivity contribution in [3.8, 4) is 11.4 Å². The van der Waals surface area contributed by atoms with Gasteiger partial charge < -0.3 is 14.3 Å². The Kier molecular flexibility index (Phi) is 7.94. The second kappa shape index (κ2) is 11.3. The van der Waals surface area contributed by atoms with Crippen molar-refractivity contribution in [3.05, 3.63) is 75.1 Å². The minimum Gasteiger partial charge on any atom is -0.337 e. The SMILES string of the molecule is CCCN(CC(=O)N1CCCCC1c1nc(-c2ccc(Cl)cc2)no1)C(=O)c1cccc([N+](=O)[O-])c1. The maximum absolute atomic E-state index is 13.4. The number of non-ortho nitro benzene ring substituents is 1. The van der Waals surface area contributed by atoms with Crippen molar-refractivity contribution < 1.29 is 19.0 Å². The van der Waals surface area contributed by atoms with Gasteiger partial charge >= 0.3 is 0 Å². The van der Waals surface area contributed by atoms with Gasteiger partial charge in [0.25, 0.3) is 11.6 Å². The van der Waals surface area contributed by atoms with Gasteiger partial charge in [-0.15, -0.1) is 0 Å². The second-order valence-corrected chi connectivity index (χ2v) is 9.03. The van der Waals surface area contributed by atoms with E-state index in [1.165, 1.54) is 29.2 Å². The average molecular weight is 512 g/mol. The number of carbonyl (C=O) groups is 2. The molecule has 2 amide bonds. The van der Waals surface area contributed by atoms with E-state index in [9.17, 15) is 19.7 Å². The molecule has 0 saturated carbocycles. The van der Waals surface area contributed by atoms with E-state index in [2.05, 4.69) is 10.1 Å². The zero-order chi connectivity index (χ0) is 25.7. The molecule has 36 heavy (non-hydrogen) atoms. The van der Waals surface area contributed by atoms with Gasteiger partial charge in [0, 0.05) is 41.4 Å². The van der Waals surface area contributed by atoms with E-state index in [4.69, 9.17) is 16.1 Å². The largest absolute Gasteiger partial charge is 0.337 e. The van der Waals surface area contributed by atoms with E-state index < -0.39 is 16.9 Å². The highest BCUT2D eigenvalue weighted by atomic mass is 35.5. The maximum Gasteiger partial charge on any atom is 0.270 e. The quantitative estimate of drug-likeness (QED) is 0.311. The fourth-order valence-corrected chi connectivity index (χ4v) is 4.41. The lowest BCUT2D eigenvalue weighted by Gasteiger charge is -2.35. The van der Waals surface area contributed by atoms with Crippen molar-refractivity contribution in [2.24, 2.45) is 0 Å². The van der Waals surface area contributed by atoms with E-state index in [0.29, 0.717) is 42.7 Å². The molecule has 1 aliphatic heterocycles. The molecule has 1 fully saturated rings. The predicted molar refractivity (Wildman–Crippen MR) is 132 cm³/mol. The van der Waals surface area contributed by atoms with Crippen molar-refractivity contribution in [2.75, 3.05) is 19.6 Å². The van der Waals surface area contributed by atoms with Crippen LogP contribution in [0.4, 0.5) is 5.69 Å². The molecular weight excluding hydrogens is 486 g/mol. The van der Waals surface area contributed by atoms with Gasteiger partial charge in [-0.25, -0.2) is 0 Å².